The summed E-state index contributed by atoms with van der Waals surface area (Å²) in [6.07, 6.45) is 3.32. The molecule has 0 unspecified atom stereocenters. The van der Waals surface area contributed by atoms with Crippen molar-refractivity contribution in [1.29, 1.82) is 0 Å². The van der Waals surface area contributed by atoms with E-state index in [9.17, 15) is 8.42 Å². The van der Waals surface area contributed by atoms with Crippen LogP contribution in [0.5, 0.6) is 0 Å². The molecule has 0 spiro atoms. The van der Waals surface area contributed by atoms with E-state index in [-0.39, 0.29) is 18.5 Å². The Morgan fingerprint density at radius 2 is 2.00 bits per heavy atom. The smallest absolute Gasteiger partial charge is 0.213 e. The summed E-state index contributed by atoms with van der Waals surface area (Å²) in [5.74, 6) is 0.707. The summed E-state index contributed by atoms with van der Waals surface area (Å²) in [7, 11) is -3.17. The van der Waals surface area contributed by atoms with Gasteiger partial charge in [0.15, 0.2) is 0 Å². The lowest BCUT2D eigenvalue weighted by atomic mass is 9.95. The number of rotatable bonds is 8. The summed E-state index contributed by atoms with van der Waals surface area (Å²) in [5, 5.41) is 3.30. The summed E-state index contributed by atoms with van der Waals surface area (Å²) >= 11 is 0. The molecule has 18 heavy (non-hydrogen) atoms. The van der Waals surface area contributed by atoms with Crippen LogP contribution in [-0.2, 0) is 14.8 Å². The van der Waals surface area contributed by atoms with Crippen molar-refractivity contribution in [2.24, 2.45) is 5.92 Å². The first kappa shape index (κ1) is 15.9. The molecular formula is C12H26N2O3S. The Bertz CT molecular complexity index is 311. The quantitative estimate of drug-likeness (QED) is 0.686. The molecule has 0 bridgehead atoms. The predicted octanol–water partition coefficient (Wildman–Crippen LogP) is 0.721. The first-order valence-electron chi connectivity index (χ1n) is 6.79. The van der Waals surface area contributed by atoms with Crippen LogP contribution in [0.25, 0.3) is 0 Å². The van der Waals surface area contributed by atoms with Gasteiger partial charge in [-0.15, -0.1) is 0 Å². The summed E-state index contributed by atoms with van der Waals surface area (Å²) in [5.41, 5.74) is 0. The molecule has 0 radical (unpaired) electrons. The van der Waals surface area contributed by atoms with E-state index in [1.54, 1.807) is 0 Å². The van der Waals surface area contributed by atoms with Gasteiger partial charge in [0.1, 0.15) is 0 Å². The molecule has 0 saturated carbocycles. The highest BCUT2D eigenvalue weighted by atomic mass is 32.2. The molecule has 1 fully saturated rings. The van der Waals surface area contributed by atoms with Gasteiger partial charge in [-0.1, -0.05) is 0 Å². The van der Waals surface area contributed by atoms with Crippen LogP contribution in [0.1, 0.15) is 33.1 Å². The molecule has 6 heteroatoms. The second kappa shape index (κ2) is 8.09. The molecular weight excluding hydrogens is 252 g/mol. The third-order valence-corrected chi connectivity index (χ3v) is 4.48. The minimum atomic E-state index is -3.17. The van der Waals surface area contributed by atoms with Gasteiger partial charge in [-0.05, 0) is 52.1 Å². The number of piperidine rings is 1. The lowest BCUT2D eigenvalue weighted by Crippen LogP contribution is -2.33. The summed E-state index contributed by atoms with van der Waals surface area (Å²) in [6, 6.07) is 0. The Labute approximate surface area is 111 Å². The molecule has 1 aliphatic rings. The van der Waals surface area contributed by atoms with E-state index >= 15 is 0 Å². The van der Waals surface area contributed by atoms with Crippen LogP contribution in [0.4, 0.5) is 0 Å². The Morgan fingerprint density at radius 1 is 1.33 bits per heavy atom. The Balaban J connectivity index is 2.12. The van der Waals surface area contributed by atoms with Crippen molar-refractivity contribution in [3.63, 3.8) is 0 Å². The van der Waals surface area contributed by atoms with E-state index in [2.05, 4.69) is 10.0 Å². The fraction of sp³-hybridized carbons (Fsp3) is 1.00. The van der Waals surface area contributed by atoms with Gasteiger partial charge in [0.05, 0.1) is 18.5 Å². The van der Waals surface area contributed by atoms with Crippen molar-refractivity contribution in [1.82, 2.24) is 10.0 Å². The van der Waals surface area contributed by atoms with E-state index < -0.39 is 10.0 Å². The zero-order chi connectivity index (χ0) is 13.4. The van der Waals surface area contributed by atoms with Gasteiger partial charge < -0.3 is 10.1 Å². The summed E-state index contributed by atoms with van der Waals surface area (Å²) in [4.78, 5) is 0. The van der Waals surface area contributed by atoms with E-state index in [1.807, 2.05) is 13.8 Å². The topological polar surface area (TPSA) is 67.4 Å². The van der Waals surface area contributed by atoms with Crippen LogP contribution in [-0.4, -0.2) is 46.5 Å². The third kappa shape index (κ3) is 7.31. The molecule has 0 atom stereocenters. The third-order valence-electron chi connectivity index (χ3n) is 3.14. The summed E-state index contributed by atoms with van der Waals surface area (Å²) in [6.45, 7) is 6.72. The average molecular weight is 278 g/mol. The first-order valence-corrected chi connectivity index (χ1v) is 8.44. The molecule has 1 aliphatic heterocycles. The lowest BCUT2D eigenvalue weighted by Gasteiger charge is -2.22. The number of nitrogens with one attached hydrogen (secondary N) is 2. The Kier molecular flexibility index (Phi) is 7.14. The van der Waals surface area contributed by atoms with Gasteiger partial charge in [0, 0.05) is 6.54 Å². The monoisotopic (exact) mass is 278 g/mol. The predicted molar refractivity (Wildman–Crippen MR) is 73.1 cm³/mol. The van der Waals surface area contributed by atoms with Gasteiger partial charge in [0.25, 0.3) is 0 Å². The highest BCUT2D eigenvalue weighted by Gasteiger charge is 2.15. The molecule has 0 aromatic rings. The molecule has 0 aromatic carbocycles. The van der Waals surface area contributed by atoms with E-state index in [1.165, 1.54) is 0 Å². The van der Waals surface area contributed by atoms with Crippen LogP contribution in [0.15, 0.2) is 0 Å². The highest BCUT2D eigenvalue weighted by Crippen LogP contribution is 2.14. The van der Waals surface area contributed by atoms with Crippen molar-refractivity contribution >= 4 is 10.0 Å². The second-order valence-electron chi connectivity index (χ2n) is 5.11. The van der Waals surface area contributed by atoms with Crippen LogP contribution in [0.2, 0.25) is 0 Å². The molecule has 108 valence electrons. The molecule has 1 rings (SSSR count). The Morgan fingerprint density at radius 3 is 2.61 bits per heavy atom. The van der Waals surface area contributed by atoms with Crippen molar-refractivity contribution < 1.29 is 13.2 Å². The van der Waals surface area contributed by atoms with Gasteiger partial charge >= 0.3 is 0 Å². The molecule has 2 N–H and O–H groups in total. The van der Waals surface area contributed by atoms with Crippen LogP contribution in [0.3, 0.4) is 0 Å². The molecule has 0 amide bonds. The molecule has 1 heterocycles. The minimum absolute atomic E-state index is 0.0530. The van der Waals surface area contributed by atoms with Gasteiger partial charge in [-0.2, -0.15) is 0 Å². The number of sulfonamides is 1. The lowest BCUT2D eigenvalue weighted by molar-refractivity contribution is 0.0911. The van der Waals surface area contributed by atoms with E-state index in [4.69, 9.17) is 4.74 Å². The fourth-order valence-corrected chi connectivity index (χ4v) is 2.94. The van der Waals surface area contributed by atoms with Gasteiger partial charge in [-0.3, -0.25) is 0 Å². The second-order valence-corrected chi connectivity index (χ2v) is 7.04. The number of ether oxygens (including phenoxy) is 1. The standard InChI is InChI=1S/C12H26N2O3S/c1-11(2)17-9-10-18(15,16)14-8-5-12-3-6-13-7-4-12/h11-14H,3-10H2,1-2H3. The zero-order valence-corrected chi connectivity index (χ0v) is 12.3. The molecule has 5 nitrogen and oxygen atoms in total. The van der Waals surface area contributed by atoms with Crippen molar-refractivity contribution in [3.05, 3.63) is 0 Å². The van der Waals surface area contributed by atoms with Crippen molar-refractivity contribution in [3.8, 4) is 0 Å². The molecule has 0 aliphatic carbocycles. The SMILES string of the molecule is CC(C)OCCS(=O)(=O)NCCC1CCNCC1. The van der Waals surface area contributed by atoms with Gasteiger partial charge in [-0.25, -0.2) is 13.1 Å². The fourth-order valence-electron chi connectivity index (χ4n) is 2.05. The zero-order valence-electron chi connectivity index (χ0n) is 11.4. The largest absolute Gasteiger partial charge is 0.378 e. The van der Waals surface area contributed by atoms with Crippen LogP contribution < -0.4 is 10.0 Å². The molecule has 0 aromatic heterocycles. The maximum Gasteiger partial charge on any atom is 0.213 e. The van der Waals surface area contributed by atoms with Crippen molar-refractivity contribution in [2.45, 2.75) is 39.2 Å². The van der Waals surface area contributed by atoms with E-state index in [0.29, 0.717) is 12.5 Å². The minimum Gasteiger partial charge on any atom is -0.378 e. The normalized spacial score (nSPS) is 18.4. The van der Waals surface area contributed by atoms with Crippen LogP contribution in [0, 0.1) is 5.92 Å². The number of hydrogen-bond donors (Lipinski definition) is 2. The maximum absolute atomic E-state index is 11.7. The summed E-state index contributed by atoms with van der Waals surface area (Å²) < 4.78 is 31.2. The van der Waals surface area contributed by atoms with Gasteiger partial charge in [0.2, 0.25) is 10.0 Å². The molecule has 1 saturated heterocycles. The highest BCUT2D eigenvalue weighted by molar-refractivity contribution is 7.89. The first-order chi connectivity index (χ1) is 8.49. The van der Waals surface area contributed by atoms with Crippen molar-refractivity contribution in [2.75, 3.05) is 32.0 Å². The number of hydrogen-bond acceptors (Lipinski definition) is 4. The van der Waals surface area contributed by atoms with E-state index in [0.717, 1.165) is 32.4 Å². The van der Waals surface area contributed by atoms with Crippen LogP contribution >= 0.6 is 0 Å². The maximum atomic E-state index is 11.7. The average Bonchev–Trinajstić information content (AvgIpc) is 2.29. The Hall–Kier alpha value is -0.170.